The minimum absolute atomic E-state index is 0.146. The number of aliphatic hydroxyl groups excluding tert-OH is 1. The van der Waals surface area contributed by atoms with Crippen LogP contribution in [0.2, 0.25) is 0 Å². The first kappa shape index (κ1) is 12.8. The van der Waals surface area contributed by atoms with Gasteiger partial charge in [0.05, 0.1) is 12.3 Å². The van der Waals surface area contributed by atoms with Gasteiger partial charge in [0.15, 0.2) is 0 Å². The van der Waals surface area contributed by atoms with Gasteiger partial charge in [0, 0.05) is 18.2 Å². The first-order chi connectivity index (χ1) is 8.74. The Bertz CT molecular complexity index is 490. The lowest BCUT2D eigenvalue weighted by atomic mass is 9.95. The second-order valence-corrected chi connectivity index (χ2v) is 4.59. The number of aryl methyl sites for hydroxylation is 2. The zero-order valence-electron chi connectivity index (χ0n) is 11.0. The molecular weight excluding hydrogens is 224 g/mol. The first-order valence-electron chi connectivity index (χ1n) is 6.43. The molecule has 2 rings (SSSR count). The average Bonchev–Trinajstić information content (AvgIpc) is 2.77. The SMILES string of the molecule is CCn1nc(C)cc1CC(CO)c1ccccc1. The molecule has 0 radical (unpaired) electrons. The Hall–Kier alpha value is -1.61. The van der Waals surface area contributed by atoms with Crippen molar-refractivity contribution in [2.24, 2.45) is 0 Å². The molecule has 3 heteroatoms. The Morgan fingerprint density at radius 1 is 1.28 bits per heavy atom. The molecule has 0 aliphatic carbocycles. The van der Waals surface area contributed by atoms with Crippen LogP contribution in [0, 0.1) is 6.92 Å². The van der Waals surface area contributed by atoms with Crippen LogP contribution in [0.3, 0.4) is 0 Å². The van der Waals surface area contributed by atoms with Crippen molar-refractivity contribution in [3.8, 4) is 0 Å². The normalized spacial score (nSPS) is 12.6. The summed E-state index contributed by atoms with van der Waals surface area (Å²) in [7, 11) is 0. The third kappa shape index (κ3) is 2.79. The highest BCUT2D eigenvalue weighted by atomic mass is 16.3. The van der Waals surface area contributed by atoms with Crippen molar-refractivity contribution in [3.63, 3.8) is 0 Å². The number of hydrogen-bond donors (Lipinski definition) is 1. The van der Waals surface area contributed by atoms with Crippen molar-refractivity contribution >= 4 is 0 Å². The molecule has 2 aromatic rings. The summed E-state index contributed by atoms with van der Waals surface area (Å²) in [4.78, 5) is 0. The molecule has 0 fully saturated rings. The number of nitrogens with zero attached hydrogens (tertiary/aromatic N) is 2. The Morgan fingerprint density at radius 2 is 2.00 bits per heavy atom. The molecule has 0 amide bonds. The van der Waals surface area contributed by atoms with Crippen LogP contribution in [0.5, 0.6) is 0 Å². The number of rotatable bonds is 5. The van der Waals surface area contributed by atoms with Crippen molar-refractivity contribution in [1.82, 2.24) is 9.78 Å². The van der Waals surface area contributed by atoms with E-state index < -0.39 is 0 Å². The minimum Gasteiger partial charge on any atom is -0.396 e. The van der Waals surface area contributed by atoms with E-state index >= 15 is 0 Å². The smallest absolute Gasteiger partial charge is 0.0596 e. The predicted octanol–water partition coefficient (Wildman–Crippen LogP) is 2.53. The number of aromatic nitrogens is 2. The summed E-state index contributed by atoms with van der Waals surface area (Å²) in [5, 5.41) is 14.0. The van der Waals surface area contributed by atoms with Crippen LogP contribution in [0.25, 0.3) is 0 Å². The van der Waals surface area contributed by atoms with Gasteiger partial charge in [-0.1, -0.05) is 30.3 Å². The Morgan fingerprint density at radius 3 is 2.61 bits per heavy atom. The number of aliphatic hydroxyl groups is 1. The summed E-state index contributed by atoms with van der Waals surface area (Å²) in [6.07, 6.45) is 0.829. The highest BCUT2D eigenvalue weighted by Gasteiger charge is 2.14. The molecule has 0 spiro atoms. The molecule has 0 aliphatic heterocycles. The van der Waals surface area contributed by atoms with E-state index in [0.29, 0.717) is 0 Å². The standard InChI is InChI=1S/C15H20N2O/c1-3-17-15(9-12(2)16-17)10-14(11-18)13-7-5-4-6-8-13/h4-9,14,18H,3,10-11H2,1-2H3. The molecule has 1 aromatic heterocycles. The van der Waals surface area contributed by atoms with Gasteiger partial charge in [0.1, 0.15) is 0 Å². The maximum atomic E-state index is 9.58. The van der Waals surface area contributed by atoms with Crippen molar-refractivity contribution < 1.29 is 5.11 Å². The van der Waals surface area contributed by atoms with Gasteiger partial charge in [-0.05, 0) is 31.9 Å². The first-order valence-corrected chi connectivity index (χ1v) is 6.43. The largest absolute Gasteiger partial charge is 0.396 e. The highest BCUT2D eigenvalue weighted by molar-refractivity contribution is 5.22. The third-order valence-electron chi connectivity index (χ3n) is 3.23. The van der Waals surface area contributed by atoms with Crippen LogP contribution in [0.15, 0.2) is 36.4 Å². The molecule has 3 nitrogen and oxygen atoms in total. The Labute approximate surface area is 108 Å². The van der Waals surface area contributed by atoms with Crippen molar-refractivity contribution in [2.75, 3.05) is 6.61 Å². The van der Waals surface area contributed by atoms with E-state index in [1.165, 1.54) is 11.3 Å². The second kappa shape index (κ2) is 5.83. The lowest BCUT2D eigenvalue weighted by Crippen LogP contribution is -2.11. The summed E-state index contributed by atoms with van der Waals surface area (Å²) in [5.74, 6) is 0.146. The van der Waals surface area contributed by atoms with Crippen molar-refractivity contribution in [2.45, 2.75) is 32.7 Å². The van der Waals surface area contributed by atoms with E-state index in [0.717, 1.165) is 18.7 Å². The molecule has 1 unspecified atom stereocenters. The zero-order chi connectivity index (χ0) is 13.0. The van der Waals surface area contributed by atoms with Crippen LogP contribution in [-0.2, 0) is 13.0 Å². The van der Waals surface area contributed by atoms with E-state index in [-0.39, 0.29) is 12.5 Å². The van der Waals surface area contributed by atoms with E-state index in [4.69, 9.17) is 0 Å². The molecule has 0 bridgehead atoms. The van der Waals surface area contributed by atoms with E-state index in [2.05, 4.69) is 30.2 Å². The van der Waals surface area contributed by atoms with E-state index in [9.17, 15) is 5.11 Å². The van der Waals surface area contributed by atoms with Crippen LogP contribution in [0.4, 0.5) is 0 Å². The van der Waals surface area contributed by atoms with Crippen molar-refractivity contribution in [3.05, 3.63) is 53.3 Å². The summed E-state index contributed by atoms with van der Waals surface area (Å²) in [5.41, 5.74) is 3.41. The Kier molecular flexibility index (Phi) is 4.15. The summed E-state index contributed by atoms with van der Waals surface area (Å²) in [6.45, 7) is 5.13. The molecule has 1 atom stereocenters. The average molecular weight is 244 g/mol. The molecule has 0 aliphatic rings. The van der Waals surface area contributed by atoms with E-state index in [1.807, 2.05) is 29.8 Å². The van der Waals surface area contributed by atoms with Crippen LogP contribution in [-0.4, -0.2) is 21.5 Å². The fourth-order valence-corrected chi connectivity index (χ4v) is 2.30. The lowest BCUT2D eigenvalue weighted by Gasteiger charge is -2.15. The third-order valence-corrected chi connectivity index (χ3v) is 3.23. The summed E-state index contributed by atoms with van der Waals surface area (Å²) >= 11 is 0. The number of hydrogen-bond acceptors (Lipinski definition) is 2. The molecule has 0 saturated carbocycles. The summed E-state index contributed by atoms with van der Waals surface area (Å²) in [6, 6.07) is 12.3. The van der Waals surface area contributed by atoms with Crippen LogP contribution in [0.1, 0.15) is 29.8 Å². The van der Waals surface area contributed by atoms with Gasteiger partial charge in [-0.25, -0.2) is 0 Å². The molecule has 1 heterocycles. The topological polar surface area (TPSA) is 38.0 Å². The molecule has 1 aromatic carbocycles. The maximum absolute atomic E-state index is 9.58. The van der Waals surface area contributed by atoms with Crippen LogP contribution < -0.4 is 0 Å². The van der Waals surface area contributed by atoms with Gasteiger partial charge >= 0.3 is 0 Å². The second-order valence-electron chi connectivity index (χ2n) is 4.59. The molecule has 0 saturated heterocycles. The van der Waals surface area contributed by atoms with Gasteiger partial charge in [-0.15, -0.1) is 0 Å². The number of benzene rings is 1. The van der Waals surface area contributed by atoms with Gasteiger partial charge in [0.25, 0.3) is 0 Å². The Balaban J connectivity index is 2.20. The van der Waals surface area contributed by atoms with Crippen molar-refractivity contribution in [1.29, 1.82) is 0 Å². The monoisotopic (exact) mass is 244 g/mol. The predicted molar refractivity (Wildman–Crippen MR) is 72.6 cm³/mol. The molecule has 1 N–H and O–H groups in total. The van der Waals surface area contributed by atoms with Crippen LogP contribution >= 0.6 is 0 Å². The zero-order valence-corrected chi connectivity index (χ0v) is 11.0. The molecule has 18 heavy (non-hydrogen) atoms. The van der Waals surface area contributed by atoms with Gasteiger partial charge in [-0.3, -0.25) is 4.68 Å². The molecule has 96 valence electrons. The summed E-state index contributed by atoms with van der Waals surface area (Å²) < 4.78 is 2.01. The van der Waals surface area contributed by atoms with Gasteiger partial charge in [-0.2, -0.15) is 5.10 Å². The maximum Gasteiger partial charge on any atom is 0.0596 e. The fourth-order valence-electron chi connectivity index (χ4n) is 2.30. The minimum atomic E-state index is 0.146. The van der Waals surface area contributed by atoms with Gasteiger partial charge in [0.2, 0.25) is 0 Å². The lowest BCUT2D eigenvalue weighted by molar-refractivity contribution is 0.262. The highest BCUT2D eigenvalue weighted by Crippen LogP contribution is 2.20. The fraction of sp³-hybridized carbons (Fsp3) is 0.400. The van der Waals surface area contributed by atoms with E-state index in [1.54, 1.807) is 0 Å². The quantitative estimate of drug-likeness (QED) is 0.877. The van der Waals surface area contributed by atoms with Gasteiger partial charge < -0.3 is 5.11 Å². The molecular formula is C15H20N2O.